The Morgan fingerprint density at radius 2 is 1.52 bits per heavy atom. The summed E-state index contributed by atoms with van der Waals surface area (Å²) in [5.74, 6) is -1.04. The van der Waals surface area contributed by atoms with Crippen molar-refractivity contribution in [3.63, 3.8) is 0 Å². The Bertz CT molecular complexity index is 870. The molecule has 0 fully saturated rings. The Kier molecular flexibility index (Phi) is 5.48. The maximum absolute atomic E-state index is 11.1. The third-order valence-corrected chi connectivity index (χ3v) is 4.56. The summed E-state index contributed by atoms with van der Waals surface area (Å²) in [7, 11) is 0. The number of anilines is 3. The molecule has 3 rings (SSSR count). The highest BCUT2D eigenvalue weighted by atomic mass is 35.5. The molecular weight excluding hydrogens is 356 g/mol. The highest BCUT2D eigenvalue weighted by Crippen LogP contribution is 2.27. The van der Waals surface area contributed by atoms with E-state index >= 15 is 0 Å². The number of benzene rings is 3. The summed E-state index contributed by atoms with van der Waals surface area (Å²) in [5, 5.41) is 12.7. The summed E-state index contributed by atoms with van der Waals surface area (Å²) in [6.07, 6.45) is 0. The maximum atomic E-state index is 11.1. The molecule has 0 atom stereocenters. The molecule has 0 spiro atoms. The molecule has 0 saturated heterocycles. The van der Waals surface area contributed by atoms with Crippen LogP contribution in [0.25, 0.3) is 0 Å². The van der Waals surface area contributed by atoms with Crippen LogP contribution in [0.15, 0.2) is 77.7 Å². The van der Waals surface area contributed by atoms with Crippen molar-refractivity contribution in [3.8, 4) is 0 Å². The lowest BCUT2D eigenvalue weighted by atomic mass is 10.2. The fourth-order valence-electron chi connectivity index (χ4n) is 2.16. The lowest BCUT2D eigenvalue weighted by Gasteiger charge is -2.09. The van der Waals surface area contributed by atoms with Gasteiger partial charge in [-0.15, -0.1) is 0 Å². The van der Waals surface area contributed by atoms with Crippen LogP contribution >= 0.6 is 23.5 Å². The Labute approximate surface area is 155 Å². The SMILES string of the molecule is O=C(O)c1cc(SNc2ccc(Nc3ccccc3)cc2)ccc1Cl. The van der Waals surface area contributed by atoms with Gasteiger partial charge in [-0.25, -0.2) is 4.79 Å². The molecule has 3 aromatic rings. The maximum Gasteiger partial charge on any atom is 0.337 e. The minimum absolute atomic E-state index is 0.0934. The van der Waals surface area contributed by atoms with Gasteiger partial charge in [0.05, 0.1) is 10.6 Å². The first kappa shape index (κ1) is 17.2. The van der Waals surface area contributed by atoms with Crippen LogP contribution in [-0.2, 0) is 0 Å². The largest absolute Gasteiger partial charge is 0.478 e. The lowest BCUT2D eigenvalue weighted by molar-refractivity contribution is 0.0697. The number of nitrogens with one attached hydrogen (secondary N) is 2. The highest BCUT2D eigenvalue weighted by molar-refractivity contribution is 8.00. The molecule has 0 aliphatic heterocycles. The molecule has 0 unspecified atom stereocenters. The van der Waals surface area contributed by atoms with Gasteiger partial charge in [0.1, 0.15) is 0 Å². The smallest absolute Gasteiger partial charge is 0.337 e. The number of halogens is 1. The number of hydrogen-bond donors (Lipinski definition) is 3. The minimum Gasteiger partial charge on any atom is -0.478 e. The third-order valence-electron chi connectivity index (χ3n) is 3.40. The molecule has 4 nitrogen and oxygen atoms in total. The molecule has 126 valence electrons. The summed E-state index contributed by atoms with van der Waals surface area (Å²) >= 11 is 7.21. The predicted octanol–water partition coefficient (Wildman–Crippen LogP) is 5.90. The Hall–Kier alpha value is -2.63. The van der Waals surface area contributed by atoms with Gasteiger partial charge < -0.3 is 15.1 Å². The lowest BCUT2D eigenvalue weighted by Crippen LogP contribution is -1.98. The van der Waals surface area contributed by atoms with E-state index in [1.807, 2.05) is 54.6 Å². The van der Waals surface area contributed by atoms with Crippen LogP contribution in [0.3, 0.4) is 0 Å². The molecule has 25 heavy (non-hydrogen) atoms. The summed E-state index contributed by atoms with van der Waals surface area (Å²) in [5.41, 5.74) is 3.02. The fourth-order valence-corrected chi connectivity index (χ4v) is 3.04. The second-order valence-electron chi connectivity index (χ2n) is 5.22. The van der Waals surface area contributed by atoms with Crippen molar-refractivity contribution in [3.05, 3.63) is 83.4 Å². The quantitative estimate of drug-likeness (QED) is 0.471. The van der Waals surface area contributed by atoms with Crippen LogP contribution in [0.4, 0.5) is 17.1 Å². The summed E-state index contributed by atoms with van der Waals surface area (Å²) < 4.78 is 3.19. The van der Waals surface area contributed by atoms with Gasteiger partial charge >= 0.3 is 5.97 Å². The minimum atomic E-state index is -1.04. The van der Waals surface area contributed by atoms with E-state index in [1.54, 1.807) is 18.2 Å². The molecule has 3 N–H and O–H groups in total. The first-order chi connectivity index (χ1) is 12.1. The van der Waals surface area contributed by atoms with Crippen molar-refractivity contribution in [2.45, 2.75) is 4.90 Å². The van der Waals surface area contributed by atoms with Gasteiger partial charge in [0.25, 0.3) is 0 Å². The van der Waals surface area contributed by atoms with Crippen LogP contribution in [0.2, 0.25) is 5.02 Å². The number of carboxylic acids is 1. The zero-order chi connectivity index (χ0) is 17.6. The average Bonchev–Trinajstić information content (AvgIpc) is 2.63. The van der Waals surface area contributed by atoms with E-state index < -0.39 is 5.97 Å². The van der Waals surface area contributed by atoms with E-state index in [-0.39, 0.29) is 10.6 Å². The van der Waals surface area contributed by atoms with E-state index in [1.165, 1.54) is 11.9 Å². The molecular formula is C19H15ClN2O2S. The molecule has 0 amide bonds. The molecule has 0 aromatic heterocycles. The standard InChI is InChI=1S/C19H15ClN2O2S/c20-18-11-10-16(12-17(18)19(23)24)25-22-15-8-6-14(7-9-15)21-13-4-2-1-3-5-13/h1-12,21-22H,(H,23,24). The van der Waals surface area contributed by atoms with Crippen LogP contribution in [0.1, 0.15) is 10.4 Å². The monoisotopic (exact) mass is 370 g/mol. The highest BCUT2D eigenvalue weighted by Gasteiger charge is 2.09. The van der Waals surface area contributed by atoms with Gasteiger partial charge in [-0.3, -0.25) is 0 Å². The molecule has 3 aromatic carbocycles. The summed E-state index contributed by atoms with van der Waals surface area (Å²) in [6, 6.07) is 22.7. The van der Waals surface area contributed by atoms with Crippen LogP contribution < -0.4 is 10.0 Å². The van der Waals surface area contributed by atoms with E-state index in [2.05, 4.69) is 10.0 Å². The number of carboxylic acid groups (broad SMARTS) is 1. The van der Waals surface area contributed by atoms with Crippen LogP contribution in [0.5, 0.6) is 0 Å². The van der Waals surface area contributed by atoms with Gasteiger partial charge in [-0.1, -0.05) is 29.8 Å². The van der Waals surface area contributed by atoms with Crippen molar-refractivity contribution >= 4 is 46.6 Å². The van der Waals surface area contributed by atoms with Crippen LogP contribution in [0, 0.1) is 0 Å². The summed E-state index contributed by atoms with van der Waals surface area (Å²) in [4.78, 5) is 11.9. The van der Waals surface area contributed by atoms with Gasteiger partial charge in [-0.05, 0) is 66.5 Å². The number of carbonyl (C=O) groups is 1. The summed E-state index contributed by atoms with van der Waals surface area (Å²) in [6.45, 7) is 0. The molecule has 0 aliphatic carbocycles. The fraction of sp³-hybridized carbons (Fsp3) is 0. The Morgan fingerprint density at radius 3 is 2.20 bits per heavy atom. The molecule has 0 aliphatic rings. The van der Waals surface area contributed by atoms with Crippen molar-refractivity contribution in [2.75, 3.05) is 10.0 Å². The van der Waals surface area contributed by atoms with Gasteiger partial charge in [-0.2, -0.15) is 0 Å². The van der Waals surface area contributed by atoms with Gasteiger partial charge in [0.2, 0.25) is 0 Å². The van der Waals surface area contributed by atoms with Gasteiger partial charge in [0, 0.05) is 22.0 Å². The second-order valence-corrected chi connectivity index (χ2v) is 6.51. The van der Waals surface area contributed by atoms with E-state index in [9.17, 15) is 4.79 Å². The van der Waals surface area contributed by atoms with Crippen molar-refractivity contribution in [2.24, 2.45) is 0 Å². The zero-order valence-electron chi connectivity index (χ0n) is 13.1. The molecule has 0 radical (unpaired) electrons. The van der Waals surface area contributed by atoms with E-state index in [0.717, 1.165) is 22.0 Å². The molecule has 0 bridgehead atoms. The average molecular weight is 371 g/mol. The number of aromatic carboxylic acids is 1. The van der Waals surface area contributed by atoms with Crippen molar-refractivity contribution in [1.82, 2.24) is 0 Å². The topological polar surface area (TPSA) is 61.4 Å². The number of hydrogen-bond acceptors (Lipinski definition) is 4. The number of para-hydroxylation sites is 1. The number of rotatable bonds is 6. The molecule has 0 heterocycles. The second kappa shape index (κ2) is 7.96. The normalized spacial score (nSPS) is 10.3. The zero-order valence-corrected chi connectivity index (χ0v) is 14.6. The van der Waals surface area contributed by atoms with E-state index in [0.29, 0.717) is 0 Å². The van der Waals surface area contributed by atoms with E-state index in [4.69, 9.17) is 16.7 Å². The third kappa shape index (κ3) is 4.68. The first-order valence-corrected chi connectivity index (χ1v) is 8.69. The van der Waals surface area contributed by atoms with Gasteiger partial charge in [0.15, 0.2) is 0 Å². The predicted molar refractivity (Wildman–Crippen MR) is 104 cm³/mol. The van der Waals surface area contributed by atoms with Crippen molar-refractivity contribution in [1.29, 1.82) is 0 Å². The Morgan fingerprint density at radius 1 is 0.880 bits per heavy atom. The molecule has 6 heteroatoms. The molecule has 0 saturated carbocycles. The first-order valence-electron chi connectivity index (χ1n) is 7.50. The van der Waals surface area contributed by atoms with Crippen LogP contribution in [-0.4, -0.2) is 11.1 Å². The Balaban J connectivity index is 1.62. The van der Waals surface area contributed by atoms with Crippen molar-refractivity contribution < 1.29 is 9.90 Å².